The van der Waals surface area contributed by atoms with Crippen LogP contribution in [0.25, 0.3) is 0 Å². The fraction of sp³-hybridized carbons (Fsp3) is 0.889. The summed E-state index contributed by atoms with van der Waals surface area (Å²) in [6.07, 6.45) is 31.2. The van der Waals surface area contributed by atoms with Gasteiger partial charge >= 0.3 is 0 Å². The number of amides is 1. The lowest BCUT2D eigenvalue weighted by Crippen LogP contribution is -2.60. The van der Waals surface area contributed by atoms with Gasteiger partial charge in [0.05, 0.1) is 25.4 Å². The van der Waals surface area contributed by atoms with Crippen molar-refractivity contribution in [2.75, 3.05) is 13.2 Å². The van der Waals surface area contributed by atoms with E-state index in [9.17, 15) is 35.4 Å². The first kappa shape index (κ1) is 51.6. The van der Waals surface area contributed by atoms with Gasteiger partial charge < -0.3 is 45.4 Å². The number of hydrogen-bond acceptors (Lipinski definition) is 9. The summed E-state index contributed by atoms with van der Waals surface area (Å²) in [4.78, 5) is 13.0. The molecule has 0 bridgehead atoms. The van der Waals surface area contributed by atoms with Gasteiger partial charge in [-0.1, -0.05) is 173 Å². The zero-order valence-corrected chi connectivity index (χ0v) is 35.0. The fourth-order valence-corrected chi connectivity index (χ4v) is 7.10. The Morgan fingerprint density at radius 2 is 1.05 bits per heavy atom. The molecule has 1 saturated heterocycles. The van der Waals surface area contributed by atoms with Gasteiger partial charge in [0, 0.05) is 0 Å². The minimum atomic E-state index is -1.61. The van der Waals surface area contributed by atoms with Gasteiger partial charge in [-0.15, -0.1) is 0 Å². The van der Waals surface area contributed by atoms with Crippen LogP contribution in [0.4, 0.5) is 0 Å². The highest BCUT2D eigenvalue weighted by Gasteiger charge is 2.44. The van der Waals surface area contributed by atoms with E-state index in [2.05, 4.69) is 31.3 Å². The second kappa shape index (κ2) is 35.8. The van der Waals surface area contributed by atoms with E-state index in [1.165, 1.54) is 128 Å². The van der Waals surface area contributed by atoms with Crippen molar-refractivity contribution in [3.05, 3.63) is 24.3 Å². The molecule has 1 fully saturated rings. The highest BCUT2D eigenvalue weighted by Crippen LogP contribution is 2.22. The zero-order chi connectivity index (χ0) is 40.4. The van der Waals surface area contributed by atoms with Crippen LogP contribution < -0.4 is 5.32 Å². The van der Waals surface area contributed by atoms with Gasteiger partial charge in [-0.3, -0.25) is 4.79 Å². The van der Waals surface area contributed by atoms with Crippen molar-refractivity contribution in [3.8, 4) is 0 Å². The first-order chi connectivity index (χ1) is 26.8. The van der Waals surface area contributed by atoms with Gasteiger partial charge in [0.2, 0.25) is 5.91 Å². The highest BCUT2D eigenvalue weighted by atomic mass is 16.7. The SMILES string of the molecule is CCCCCCCCC/C=C\CCCCC(O)C(=O)NC(COC1OC(CO)C(O)C(O)C1O)C(O)/C=C/CCCCCCCCCCCCCCCCC. The van der Waals surface area contributed by atoms with Gasteiger partial charge in [0.25, 0.3) is 0 Å². The molecule has 10 heteroatoms. The van der Waals surface area contributed by atoms with Gasteiger partial charge in [-0.25, -0.2) is 0 Å². The molecule has 10 nitrogen and oxygen atoms in total. The normalized spacial score (nSPS) is 22.1. The molecule has 1 aliphatic heterocycles. The third kappa shape index (κ3) is 26.3. The van der Waals surface area contributed by atoms with Crippen molar-refractivity contribution in [3.63, 3.8) is 0 Å². The van der Waals surface area contributed by atoms with Crippen molar-refractivity contribution in [2.24, 2.45) is 0 Å². The Balaban J connectivity index is 2.45. The van der Waals surface area contributed by atoms with E-state index in [-0.39, 0.29) is 13.0 Å². The third-order valence-electron chi connectivity index (χ3n) is 10.9. The highest BCUT2D eigenvalue weighted by molar-refractivity contribution is 5.80. The lowest BCUT2D eigenvalue weighted by Gasteiger charge is -2.40. The van der Waals surface area contributed by atoms with Crippen LogP contribution in [0.5, 0.6) is 0 Å². The van der Waals surface area contributed by atoms with Crippen LogP contribution in [-0.4, -0.2) is 98.7 Å². The quantitative estimate of drug-likeness (QED) is 0.0243. The van der Waals surface area contributed by atoms with Crippen LogP contribution >= 0.6 is 0 Å². The van der Waals surface area contributed by atoms with Gasteiger partial charge in [0.15, 0.2) is 6.29 Å². The summed E-state index contributed by atoms with van der Waals surface area (Å²) >= 11 is 0. The Bertz CT molecular complexity index is 932. The summed E-state index contributed by atoms with van der Waals surface area (Å²) in [5.74, 6) is -0.633. The van der Waals surface area contributed by atoms with Gasteiger partial charge in [-0.2, -0.15) is 0 Å². The number of aliphatic hydroxyl groups is 6. The summed E-state index contributed by atoms with van der Waals surface area (Å²) in [5.41, 5.74) is 0. The van der Waals surface area contributed by atoms with Gasteiger partial charge in [-0.05, 0) is 44.9 Å². The van der Waals surface area contributed by atoms with E-state index < -0.39 is 61.5 Å². The molecule has 55 heavy (non-hydrogen) atoms. The maximum Gasteiger partial charge on any atom is 0.249 e. The van der Waals surface area contributed by atoms with E-state index in [1.807, 2.05) is 6.08 Å². The third-order valence-corrected chi connectivity index (χ3v) is 10.9. The second-order valence-electron chi connectivity index (χ2n) is 16.0. The summed E-state index contributed by atoms with van der Waals surface area (Å²) in [6.45, 7) is 3.58. The Morgan fingerprint density at radius 3 is 1.53 bits per heavy atom. The zero-order valence-electron chi connectivity index (χ0n) is 35.0. The minimum absolute atomic E-state index is 0.281. The number of nitrogens with one attached hydrogen (secondary N) is 1. The van der Waals surface area contributed by atoms with Crippen molar-refractivity contribution in [1.29, 1.82) is 0 Å². The van der Waals surface area contributed by atoms with Crippen LogP contribution in [0.15, 0.2) is 24.3 Å². The number of carbonyl (C=O) groups is 1. The molecule has 0 saturated carbocycles. The fourth-order valence-electron chi connectivity index (χ4n) is 7.10. The topological polar surface area (TPSA) is 169 Å². The number of aliphatic hydroxyl groups excluding tert-OH is 6. The van der Waals surface area contributed by atoms with Crippen molar-refractivity contribution in [1.82, 2.24) is 5.32 Å². The maximum atomic E-state index is 13.0. The monoisotopic (exact) mass is 784 g/mol. The Hall–Kier alpha value is -1.37. The average Bonchev–Trinajstić information content (AvgIpc) is 3.18. The van der Waals surface area contributed by atoms with Crippen LogP contribution in [0.2, 0.25) is 0 Å². The predicted octanol–water partition coefficient (Wildman–Crippen LogP) is 8.08. The maximum absolute atomic E-state index is 13.0. The molecule has 7 N–H and O–H groups in total. The summed E-state index contributed by atoms with van der Waals surface area (Å²) in [6, 6.07) is -0.985. The molecule has 0 spiro atoms. The molecule has 0 aromatic rings. The molecule has 1 amide bonds. The summed E-state index contributed by atoms with van der Waals surface area (Å²) in [5, 5.41) is 64.6. The Morgan fingerprint density at radius 1 is 0.618 bits per heavy atom. The van der Waals surface area contributed by atoms with Crippen molar-refractivity contribution >= 4 is 5.91 Å². The lowest BCUT2D eigenvalue weighted by molar-refractivity contribution is -0.302. The van der Waals surface area contributed by atoms with Crippen LogP contribution in [0, 0.1) is 0 Å². The number of ether oxygens (including phenoxy) is 2. The molecule has 1 aliphatic rings. The summed E-state index contributed by atoms with van der Waals surface area (Å²) < 4.78 is 11.1. The second-order valence-corrected chi connectivity index (χ2v) is 16.0. The first-order valence-corrected chi connectivity index (χ1v) is 22.7. The molecule has 0 radical (unpaired) electrons. The number of unbranched alkanes of at least 4 members (excludes halogenated alkanes) is 24. The molecule has 0 aliphatic carbocycles. The largest absolute Gasteiger partial charge is 0.394 e. The van der Waals surface area contributed by atoms with Crippen LogP contribution in [0.3, 0.4) is 0 Å². The molecule has 0 aromatic carbocycles. The lowest BCUT2D eigenvalue weighted by atomic mass is 9.99. The molecule has 324 valence electrons. The van der Waals surface area contributed by atoms with E-state index >= 15 is 0 Å². The van der Waals surface area contributed by atoms with Crippen molar-refractivity contribution in [2.45, 2.75) is 243 Å². The van der Waals surface area contributed by atoms with E-state index in [0.717, 1.165) is 38.5 Å². The molecular formula is C45H85NO9. The van der Waals surface area contributed by atoms with E-state index in [1.54, 1.807) is 6.08 Å². The van der Waals surface area contributed by atoms with Gasteiger partial charge in [0.1, 0.15) is 30.5 Å². The Kier molecular flexibility index (Phi) is 33.6. The van der Waals surface area contributed by atoms with E-state index in [0.29, 0.717) is 6.42 Å². The van der Waals surface area contributed by atoms with Crippen LogP contribution in [-0.2, 0) is 14.3 Å². The molecule has 8 unspecified atom stereocenters. The summed E-state index contributed by atoms with van der Waals surface area (Å²) in [7, 11) is 0. The molecule has 8 atom stereocenters. The molecule has 1 rings (SSSR count). The molecule has 0 aromatic heterocycles. The van der Waals surface area contributed by atoms with Crippen molar-refractivity contribution < 1.29 is 44.9 Å². The smallest absolute Gasteiger partial charge is 0.249 e. The number of rotatable bonds is 37. The standard InChI is InChI=1S/C45H85NO9/c1-3-5-7-9-11-13-15-17-18-19-20-22-23-25-27-29-31-33-38(48)37(36-54-45-43(52)42(51)41(50)40(35-47)55-45)46-44(53)39(49)34-32-30-28-26-24-21-16-14-12-10-8-6-4-2/h24,26,31,33,37-43,45,47-52H,3-23,25,27-30,32,34-36H2,1-2H3,(H,46,53)/b26-24-,33-31+. The molecular weight excluding hydrogens is 698 g/mol. The van der Waals surface area contributed by atoms with Crippen LogP contribution in [0.1, 0.15) is 194 Å². The average molecular weight is 784 g/mol. The molecule has 1 heterocycles. The Labute approximate surface area is 335 Å². The minimum Gasteiger partial charge on any atom is -0.394 e. The number of allylic oxidation sites excluding steroid dienone is 3. The number of hydrogen-bond donors (Lipinski definition) is 7. The predicted molar refractivity (Wildman–Crippen MR) is 223 cm³/mol. The number of carbonyl (C=O) groups excluding carboxylic acids is 1. The van der Waals surface area contributed by atoms with E-state index in [4.69, 9.17) is 9.47 Å². The first-order valence-electron chi connectivity index (χ1n) is 22.7.